The quantitative estimate of drug-likeness (QED) is 0.464. The molecule has 0 bridgehead atoms. The number of hydrogen-bond acceptors (Lipinski definition) is 5. The van der Waals surface area contributed by atoms with E-state index in [-0.39, 0.29) is 22.2 Å². The number of nitrogens with one attached hydrogen (secondary N) is 1. The van der Waals surface area contributed by atoms with Gasteiger partial charge in [-0.05, 0) is 24.3 Å². The average Bonchev–Trinajstić information content (AvgIpc) is 2.54. The number of anilines is 1. The normalized spacial score (nSPS) is 11.2. The number of rotatable bonds is 5. The predicted octanol–water partition coefficient (Wildman–Crippen LogP) is 4.39. The van der Waals surface area contributed by atoms with Gasteiger partial charge in [-0.1, -0.05) is 23.4 Å². The molecule has 2 rings (SSSR count). The highest BCUT2D eigenvalue weighted by Crippen LogP contribution is 2.33. The molecular weight excluding hydrogens is 383 g/mol. The van der Waals surface area contributed by atoms with Crippen molar-refractivity contribution in [1.82, 2.24) is 4.98 Å². The second kappa shape index (κ2) is 7.70. The average molecular weight is 392 g/mol. The van der Waals surface area contributed by atoms with Crippen molar-refractivity contribution < 1.29 is 22.9 Å². The van der Waals surface area contributed by atoms with Crippen molar-refractivity contribution in [2.45, 2.75) is 11.2 Å². The number of amides is 1. The number of nitro groups is 1. The van der Waals surface area contributed by atoms with Gasteiger partial charge in [0.15, 0.2) is 0 Å². The van der Waals surface area contributed by atoms with Gasteiger partial charge >= 0.3 is 6.18 Å². The number of hydrogen-bond donors (Lipinski definition) is 1. The number of benzene rings is 1. The third kappa shape index (κ3) is 5.33. The molecule has 1 aromatic carbocycles. The van der Waals surface area contributed by atoms with Crippen LogP contribution in [0.15, 0.2) is 41.6 Å². The van der Waals surface area contributed by atoms with E-state index in [2.05, 4.69) is 10.3 Å². The van der Waals surface area contributed by atoms with E-state index in [4.69, 9.17) is 11.6 Å². The Labute approximate surface area is 148 Å². The fourth-order valence-electron chi connectivity index (χ4n) is 1.69. The number of carbonyl (C=O) groups is 1. The standard InChI is InChI=1S/C14H9ClF3N3O3S/c15-10-3-1-8(14(16,17)18)5-11(10)20-12(22)7-25-13-4-2-9(6-19-13)21(23)24/h1-6H,7H2,(H,20,22). The van der Waals surface area contributed by atoms with Gasteiger partial charge in [0.2, 0.25) is 5.91 Å². The molecule has 0 aliphatic carbocycles. The third-order valence-corrected chi connectivity index (χ3v) is 4.12. The SMILES string of the molecule is O=C(CSc1ccc([N+](=O)[O-])cn1)Nc1cc(C(F)(F)F)ccc1Cl. The Hall–Kier alpha value is -2.33. The summed E-state index contributed by atoms with van der Waals surface area (Å²) in [5.41, 5.74) is -1.28. The number of aromatic nitrogens is 1. The minimum atomic E-state index is -4.55. The third-order valence-electron chi connectivity index (χ3n) is 2.85. The van der Waals surface area contributed by atoms with Gasteiger partial charge in [0.1, 0.15) is 6.20 Å². The zero-order chi connectivity index (χ0) is 18.6. The number of thioether (sulfide) groups is 1. The predicted molar refractivity (Wildman–Crippen MR) is 86.7 cm³/mol. The summed E-state index contributed by atoms with van der Waals surface area (Å²) in [5, 5.41) is 13.1. The lowest BCUT2D eigenvalue weighted by atomic mass is 10.2. The van der Waals surface area contributed by atoms with Crippen molar-refractivity contribution >= 4 is 40.6 Å². The molecule has 0 fully saturated rings. The molecule has 1 N–H and O–H groups in total. The number of pyridine rings is 1. The molecule has 0 saturated carbocycles. The first-order chi connectivity index (χ1) is 11.7. The van der Waals surface area contributed by atoms with Crippen molar-refractivity contribution in [3.05, 3.63) is 57.2 Å². The second-order valence-electron chi connectivity index (χ2n) is 4.64. The largest absolute Gasteiger partial charge is 0.416 e. The van der Waals surface area contributed by atoms with E-state index >= 15 is 0 Å². The van der Waals surface area contributed by atoms with Crippen LogP contribution in [-0.4, -0.2) is 21.6 Å². The summed E-state index contributed by atoms with van der Waals surface area (Å²) >= 11 is 6.76. The second-order valence-corrected chi connectivity index (χ2v) is 6.04. The zero-order valence-corrected chi connectivity index (χ0v) is 13.8. The molecule has 0 radical (unpaired) electrons. The van der Waals surface area contributed by atoms with Gasteiger partial charge in [-0.15, -0.1) is 0 Å². The van der Waals surface area contributed by atoms with Crippen molar-refractivity contribution in [2.75, 3.05) is 11.1 Å². The Bertz CT molecular complexity index is 800. The molecule has 0 atom stereocenters. The van der Waals surface area contributed by atoms with Gasteiger partial charge in [-0.2, -0.15) is 13.2 Å². The van der Waals surface area contributed by atoms with Crippen LogP contribution in [0.3, 0.4) is 0 Å². The molecule has 2 aromatic rings. The Kier molecular flexibility index (Phi) is 5.85. The number of alkyl halides is 3. The molecule has 1 aromatic heterocycles. The van der Waals surface area contributed by atoms with Crippen LogP contribution < -0.4 is 5.32 Å². The van der Waals surface area contributed by atoms with Gasteiger partial charge in [-0.25, -0.2) is 4.98 Å². The van der Waals surface area contributed by atoms with Crippen LogP contribution in [0.25, 0.3) is 0 Å². The van der Waals surface area contributed by atoms with Crippen molar-refractivity contribution in [3.8, 4) is 0 Å². The van der Waals surface area contributed by atoms with Gasteiger partial charge < -0.3 is 5.32 Å². The van der Waals surface area contributed by atoms with Gasteiger partial charge in [0.05, 0.1) is 32.0 Å². The van der Waals surface area contributed by atoms with Crippen molar-refractivity contribution in [3.63, 3.8) is 0 Å². The van der Waals surface area contributed by atoms with Gasteiger partial charge in [-0.3, -0.25) is 14.9 Å². The van der Waals surface area contributed by atoms with Crippen LogP contribution in [0, 0.1) is 10.1 Å². The lowest BCUT2D eigenvalue weighted by molar-refractivity contribution is -0.385. The molecule has 11 heteroatoms. The molecule has 0 spiro atoms. The van der Waals surface area contributed by atoms with E-state index in [1.165, 1.54) is 12.1 Å². The van der Waals surface area contributed by atoms with Crippen LogP contribution in [0.1, 0.15) is 5.56 Å². The lowest BCUT2D eigenvalue weighted by Crippen LogP contribution is -2.15. The monoisotopic (exact) mass is 391 g/mol. The molecule has 0 aliphatic rings. The summed E-state index contributed by atoms with van der Waals surface area (Å²) in [6.45, 7) is 0. The maximum Gasteiger partial charge on any atom is 0.416 e. The van der Waals surface area contributed by atoms with Gasteiger partial charge in [0.25, 0.3) is 5.69 Å². The molecule has 1 amide bonds. The van der Waals surface area contributed by atoms with Crippen LogP contribution in [0.4, 0.5) is 24.5 Å². The summed E-state index contributed by atoms with van der Waals surface area (Å²) in [6.07, 6.45) is -3.51. The Morgan fingerprint density at radius 1 is 1.32 bits per heavy atom. The van der Waals surface area contributed by atoms with E-state index in [0.29, 0.717) is 5.03 Å². The van der Waals surface area contributed by atoms with Gasteiger partial charge in [0, 0.05) is 6.07 Å². The highest BCUT2D eigenvalue weighted by Gasteiger charge is 2.31. The number of halogens is 4. The van der Waals surface area contributed by atoms with Crippen molar-refractivity contribution in [1.29, 1.82) is 0 Å². The summed E-state index contributed by atoms with van der Waals surface area (Å²) < 4.78 is 38.0. The first-order valence-electron chi connectivity index (χ1n) is 6.56. The molecule has 6 nitrogen and oxygen atoms in total. The Morgan fingerprint density at radius 3 is 2.60 bits per heavy atom. The van der Waals surface area contributed by atoms with Crippen LogP contribution in [0.2, 0.25) is 5.02 Å². The molecule has 0 unspecified atom stereocenters. The molecule has 25 heavy (non-hydrogen) atoms. The Balaban J connectivity index is 1.99. The molecule has 132 valence electrons. The Morgan fingerprint density at radius 2 is 2.04 bits per heavy atom. The zero-order valence-electron chi connectivity index (χ0n) is 12.2. The molecule has 0 aliphatic heterocycles. The lowest BCUT2D eigenvalue weighted by Gasteiger charge is -2.11. The maximum absolute atomic E-state index is 12.7. The summed E-state index contributed by atoms with van der Waals surface area (Å²) in [6, 6.07) is 5.21. The van der Waals surface area contributed by atoms with E-state index < -0.39 is 22.6 Å². The van der Waals surface area contributed by atoms with E-state index in [0.717, 1.165) is 36.2 Å². The van der Waals surface area contributed by atoms with Crippen LogP contribution in [-0.2, 0) is 11.0 Å². The van der Waals surface area contributed by atoms with E-state index in [9.17, 15) is 28.1 Å². The maximum atomic E-state index is 12.7. The molecule has 1 heterocycles. The molecule has 0 saturated heterocycles. The van der Waals surface area contributed by atoms with Crippen LogP contribution >= 0.6 is 23.4 Å². The van der Waals surface area contributed by atoms with Crippen molar-refractivity contribution in [2.24, 2.45) is 0 Å². The summed E-state index contributed by atoms with van der Waals surface area (Å²) in [5.74, 6) is -0.747. The minimum absolute atomic E-state index is 0.0280. The van der Waals surface area contributed by atoms with Crippen LogP contribution in [0.5, 0.6) is 0 Å². The highest BCUT2D eigenvalue weighted by molar-refractivity contribution is 7.99. The summed E-state index contributed by atoms with van der Waals surface area (Å²) in [4.78, 5) is 25.6. The topological polar surface area (TPSA) is 85.1 Å². The van der Waals surface area contributed by atoms with E-state index in [1.54, 1.807) is 0 Å². The summed E-state index contributed by atoms with van der Waals surface area (Å²) in [7, 11) is 0. The number of nitrogens with zero attached hydrogens (tertiary/aromatic N) is 2. The number of carbonyl (C=O) groups excluding carboxylic acids is 1. The smallest absolute Gasteiger partial charge is 0.324 e. The molecular formula is C14H9ClF3N3O3S. The minimum Gasteiger partial charge on any atom is -0.324 e. The first-order valence-corrected chi connectivity index (χ1v) is 7.93. The first kappa shape index (κ1) is 19.0. The van der Waals surface area contributed by atoms with E-state index in [1.807, 2.05) is 0 Å². The highest BCUT2D eigenvalue weighted by atomic mass is 35.5. The fourth-order valence-corrected chi connectivity index (χ4v) is 2.50. The fraction of sp³-hybridized carbons (Fsp3) is 0.143.